The summed E-state index contributed by atoms with van der Waals surface area (Å²) >= 11 is 5.77. The van der Waals surface area contributed by atoms with Crippen molar-refractivity contribution in [1.82, 2.24) is 5.43 Å². The van der Waals surface area contributed by atoms with Crippen LogP contribution in [0.25, 0.3) is 0 Å². The molecule has 0 aliphatic rings. The van der Waals surface area contributed by atoms with E-state index in [9.17, 15) is 4.79 Å². The number of amides is 1. The van der Waals surface area contributed by atoms with Crippen molar-refractivity contribution in [3.05, 3.63) is 64.7 Å². The summed E-state index contributed by atoms with van der Waals surface area (Å²) in [5, 5.41) is 4.53. The number of hydrogen-bond acceptors (Lipinski definition) is 3. The van der Waals surface area contributed by atoms with Crippen molar-refractivity contribution in [1.29, 1.82) is 0 Å². The molecule has 0 unspecified atom stereocenters. The molecular weight excluding hydrogens is 288 g/mol. The second-order valence-corrected chi connectivity index (χ2v) is 4.61. The maximum Gasteiger partial charge on any atom is 0.271 e. The summed E-state index contributed by atoms with van der Waals surface area (Å²) in [4.78, 5) is 11.9. The molecule has 21 heavy (non-hydrogen) atoms. The van der Waals surface area contributed by atoms with Crippen LogP contribution >= 0.6 is 11.6 Å². The number of carbonyl (C=O) groups excluding carboxylic acids is 1. The van der Waals surface area contributed by atoms with E-state index in [1.54, 1.807) is 30.5 Å². The van der Waals surface area contributed by atoms with Gasteiger partial charge in [-0.15, -0.1) is 0 Å². The van der Waals surface area contributed by atoms with Crippen molar-refractivity contribution in [2.45, 2.75) is 6.92 Å². The van der Waals surface area contributed by atoms with Crippen LogP contribution in [0.2, 0.25) is 5.02 Å². The molecular formula is C16H15ClN2O2. The zero-order valence-corrected chi connectivity index (χ0v) is 12.3. The average molecular weight is 303 g/mol. The van der Waals surface area contributed by atoms with Crippen LogP contribution in [0.15, 0.2) is 53.6 Å². The molecule has 0 saturated heterocycles. The summed E-state index contributed by atoms with van der Waals surface area (Å²) in [7, 11) is 0. The van der Waals surface area contributed by atoms with Gasteiger partial charge < -0.3 is 4.74 Å². The number of hydrogen-bond donors (Lipinski definition) is 1. The zero-order valence-electron chi connectivity index (χ0n) is 11.5. The fourth-order valence-electron chi connectivity index (χ4n) is 1.70. The highest BCUT2D eigenvalue weighted by atomic mass is 35.5. The van der Waals surface area contributed by atoms with E-state index < -0.39 is 0 Å². The molecule has 0 radical (unpaired) electrons. The third-order valence-electron chi connectivity index (χ3n) is 2.69. The van der Waals surface area contributed by atoms with Gasteiger partial charge >= 0.3 is 0 Å². The van der Waals surface area contributed by atoms with Gasteiger partial charge in [-0.25, -0.2) is 5.43 Å². The van der Waals surface area contributed by atoms with E-state index >= 15 is 0 Å². The van der Waals surface area contributed by atoms with Crippen LogP contribution in [0, 0.1) is 0 Å². The molecule has 0 aromatic heterocycles. The average Bonchev–Trinajstić information content (AvgIpc) is 2.50. The Morgan fingerprint density at radius 2 is 1.95 bits per heavy atom. The number of halogens is 1. The number of rotatable bonds is 5. The predicted molar refractivity (Wildman–Crippen MR) is 84.1 cm³/mol. The largest absolute Gasteiger partial charge is 0.493 e. The van der Waals surface area contributed by atoms with E-state index in [1.165, 1.54) is 0 Å². The molecule has 0 atom stereocenters. The van der Waals surface area contributed by atoms with Gasteiger partial charge in [-0.2, -0.15) is 5.10 Å². The summed E-state index contributed by atoms with van der Waals surface area (Å²) in [5.41, 5.74) is 3.76. The lowest BCUT2D eigenvalue weighted by Crippen LogP contribution is -2.17. The van der Waals surface area contributed by atoms with Crippen LogP contribution in [0.1, 0.15) is 22.8 Å². The van der Waals surface area contributed by atoms with Gasteiger partial charge in [0.25, 0.3) is 5.91 Å². The first-order chi connectivity index (χ1) is 10.2. The van der Waals surface area contributed by atoms with Crippen molar-refractivity contribution in [2.24, 2.45) is 5.10 Å². The number of hydrazone groups is 1. The van der Waals surface area contributed by atoms with Crippen LogP contribution in [0.5, 0.6) is 5.75 Å². The Morgan fingerprint density at radius 1 is 1.24 bits per heavy atom. The lowest BCUT2D eigenvalue weighted by molar-refractivity contribution is 0.0955. The molecule has 0 bridgehead atoms. The van der Waals surface area contributed by atoms with E-state index in [-0.39, 0.29) is 5.91 Å². The van der Waals surface area contributed by atoms with Crippen LogP contribution in [-0.2, 0) is 0 Å². The monoisotopic (exact) mass is 302 g/mol. The summed E-state index contributed by atoms with van der Waals surface area (Å²) in [6, 6.07) is 14.1. The minimum atomic E-state index is -0.295. The molecule has 0 saturated carbocycles. The van der Waals surface area contributed by atoms with E-state index in [4.69, 9.17) is 16.3 Å². The first-order valence-electron chi connectivity index (χ1n) is 6.51. The molecule has 2 rings (SSSR count). The molecule has 0 aliphatic carbocycles. The number of benzene rings is 2. The first kappa shape index (κ1) is 15.1. The second kappa shape index (κ2) is 7.45. The molecule has 4 nitrogen and oxygen atoms in total. The van der Waals surface area contributed by atoms with E-state index in [0.29, 0.717) is 17.2 Å². The first-order valence-corrected chi connectivity index (χ1v) is 6.89. The Morgan fingerprint density at radius 3 is 2.67 bits per heavy atom. The molecule has 0 spiro atoms. The number of nitrogens with one attached hydrogen (secondary N) is 1. The Hall–Kier alpha value is -2.33. The summed E-state index contributed by atoms with van der Waals surface area (Å²) < 4.78 is 5.47. The summed E-state index contributed by atoms with van der Waals surface area (Å²) in [6.45, 7) is 2.48. The molecule has 5 heteroatoms. The van der Waals surface area contributed by atoms with E-state index in [0.717, 1.165) is 11.3 Å². The predicted octanol–water partition coefficient (Wildman–Crippen LogP) is 3.50. The second-order valence-electron chi connectivity index (χ2n) is 4.18. The number of carbonyl (C=O) groups is 1. The maximum absolute atomic E-state index is 11.9. The highest BCUT2D eigenvalue weighted by Gasteiger charge is 2.03. The zero-order chi connectivity index (χ0) is 15.1. The minimum absolute atomic E-state index is 0.295. The van der Waals surface area contributed by atoms with Crippen LogP contribution in [0.3, 0.4) is 0 Å². The highest BCUT2D eigenvalue weighted by Crippen LogP contribution is 2.15. The lowest BCUT2D eigenvalue weighted by Gasteiger charge is -2.05. The molecule has 0 fully saturated rings. The quantitative estimate of drug-likeness (QED) is 0.679. The molecule has 1 amide bonds. The third kappa shape index (κ3) is 4.33. The fraction of sp³-hybridized carbons (Fsp3) is 0.125. The summed E-state index contributed by atoms with van der Waals surface area (Å²) in [6.07, 6.45) is 1.55. The Bertz CT molecular complexity index is 639. The summed E-state index contributed by atoms with van der Waals surface area (Å²) in [5.74, 6) is 0.432. The van der Waals surface area contributed by atoms with Gasteiger partial charge in [-0.3, -0.25) is 4.79 Å². The normalized spacial score (nSPS) is 10.6. The number of ether oxygens (including phenoxy) is 1. The fourth-order valence-corrected chi connectivity index (χ4v) is 1.83. The van der Waals surface area contributed by atoms with Crippen molar-refractivity contribution in [3.63, 3.8) is 0 Å². The third-order valence-corrected chi connectivity index (χ3v) is 2.95. The molecule has 0 heterocycles. The van der Waals surface area contributed by atoms with Gasteiger partial charge in [0.05, 0.1) is 12.8 Å². The van der Waals surface area contributed by atoms with Crippen molar-refractivity contribution < 1.29 is 9.53 Å². The Labute approximate surface area is 128 Å². The molecule has 1 N–H and O–H groups in total. The van der Waals surface area contributed by atoms with Gasteiger partial charge in [0.2, 0.25) is 0 Å². The Kier molecular flexibility index (Phi) is 5.35. The number of nitrogens with zero attached hydrogens (tertiary/aromatic N) is 1. The van der Waals surface area contributed by atoms with E-state index in [2.05, 4.69) is 10.5 Å². The van der Waals surface area contributed by atoms with Gasteiger partial charge in [0, 0.05) is 16.1 Å². The Balaban J connectivity index is 2.02. The topological polar surface area (TPSA) is 50.7 Å². The SMILES string of the molecule is CCOc1ccccc1/C=N/NC(=O)c1ccc(Cl)cc1. The molecule has 0 aliphatic heterocycles. The molecule has 108 valence electrons. The van der Waals surface area contributed by atoms with Crippen molar-refractivity contribution in [3.8, 4) is 5.75 Å². The van der Waals surface area contributed by atoms with E-state index in [1.807, 2.05) is 31.2 Å². The van der Waals surface area contributed by atoms with Gasteiger partial charge in [0.15, 0.2) is 0 Å². The van der Waals surface area contributed by atoms with Gasteiger partial charge in [0.1, 0.15) is 5.75 Å². The minimum Gasteiger partial charge on any atom is -0.493 e. The smallest absolute Gasteiger partial charge is 0.271 e. The van der Waals surface area contributed by atoms with Gasteiger partial charge in [-0.1, -0.05) is 23.7 Å². The van der Waals surface area contributed by atoms with Crippen molar-refractivity contribution in [2.75, 3.05) is 6.61 Å². The van der Waals surface area contributed by atoms with Gasteiger partial charge in [-0.05, 0) is 43.3 Å². The number of para-hydroxylation sites is 1. The van der Waals surface area contributed by atoms with Crippen LogP contribution in [-0.4, -0.2) is 18.7 Å². The highest BCUT2D eigenvalue weighted by molar-refractivity contribution is 6.30. The maximum atomic E-state index is 11.9. The lowest BCUT2D eigenvalue weighted by atomic mass is 10.2. The molecule has 2 aromatic carbocycles. The van der Waals surface area contributed by atoms with Crippen LogP contribution in [0.4, 0.5) is 0 Å². The standard InChI is InChI=1S/C16H15ClN2O2/c1-2-21-15-6-4-3-5-13(15)11-18-19-16(20)12-7-9-14(17)10-8-12/h3-11H,2H2,1H3,(H,19,20)/b18-11+. The molecule has 2 aromatic rings. The van der Waals surface area contributed by atoms with Crippen LogP contribution < -0.4 is 10.2 Å². The van der Waals surface area contributed by atoms with Crippen molar-refractivity contribution >= 4 is 23.7 Å².